The van der Waals surface area contributed by atoms with Gasteiger partial charge in [-0.15, -0.1) is 0 Å². The molecule has 0 fully saturated rings. The van der Waals surface area contributed by atoms with Crippen LogP contribution in [0.2, 0.25) is 0 Å². The maximum absolute atomic E-state index is 5.40. The number of nitrogens with zero attached hydrogens (tertiary/aromatic N) is 1. The van der Waals surface area contributed by atoms with Gasteiger partial charge in [0.05, 0.1) is 12.3 Å². The third-order valence-corrected chi connectivity index (χ3v) is 3.72. The molecule has 0 atom stereocenters. The molecule has 1 aromatic carbocycles. The number of rotatable bonds is 9. The summed E-state index contributed by atoms with van der Waals surface area (Å²) in [6.07, 6.45) is 0. The SMILES string of the molecule is CCOCCN(C)c1ccc(CNCC(C)C)cc1Br. The quantitative estimate of drug-likeness (QED) is 0.693. The molecule has 0 aliphatic carbocycles. The third kappa shape index (κ3) is 6.25. The first kappa shape index (κ1) is 17.5. The lowest BCUT2D eigenvalue weighted by atomic mass is 10.1. The van der Waals surface area contributed by atoms with E-state index in [4.69, 9.17) is 4.74 Å². The first-order valence-corrected chi connectivity index (χ1v) is 8.12. The van der Waals surface area contributed by atoms with Crippen LogP contribution in [0.25, 0.3) is 0 Å². The number of halogens is 1. The van der Waals surface area contributed by atoms with Crippen LogP contribution >= 0.6 is 15.9 Å². The summed E-state index contributed by atoms with van der Waals surface area (Å²) in [5, 5.41) is 3.46. The van der Waals surface area contributed by atoms with Crippen LogP contribution in [0.15, 0.2) is 22.7 Å². The van der Waals surface area contributed by atoms with Crippen molar-refractivity contribution in [3.05, 3.63) is 28.2 Å². The van der Waals surface area contributed by atoms with Crippen molar-refractivity contribution in [2.24, 2.45) is 5.92 Å². The normalized spacial score (nSPS) is 11.1. The van der Waals surface area contributed by atoms with E-state index >= 15 is 0 Å². The van der Waals surface area contributed by atoms with E-state index in [1.165, 1.54) is 11.3 Å². The second kappa shape index (κ2) is 9.37. The number of hydrogen-bond donors (Lipinski definition) is 1. The Morgan fingerprint density at radius 2 is 2.10 bits per heavy atom. The van der Waals surface area contributed by atoms with Crippen LogP contribution in [0.3, 0.4) is 0 Å². The van der Waals surface area contributed by atoms with Gasteiger partial charge in [0.1, 0.15) is 0 Å². The molecule has 0 aromatic heterocycles. The number of hydrogen-bond acceptors (Lipinski definition) is 3. The molecule has 0 saturated heterocycles. The van der Waals surface area contributed by atoms with Crippen LogP contribution in [-0.4, -0.2) is 33.4 Å². The zero-order chi connectivity index (χ0) is 15.0. The van der Waals surface area contributed by atoms with Crippen molar-refractivity contribution in [3.8, 4) is 0 Å². The Morgan fingerprint density at radius 1 is 1.35 bits per heavy atom. The minimum Gasteiger partial charge on any atom is -0.380 e. The van der Waals surface area contributed by atoms with Crippen molar-refractivity contribution in [1.29, 1.82) is 0 Å². The summed E-state index contributed by atoms with van der Waals surface area (Å²) >= 11 is 3.67. The Morgan fingerprint density at radius 3 is 2.70 bits per heavy atom. The lowest BCUT2D eigenvalue weighted by molar-refractivity contribution is 0.154. The molecule has 1 aromatic rings. The Kier molecular flexibility index (Phi) is 8.19. The van der Waals surface area contributed by atoms with Crippen LogP contribution in [0.1, 0.15) is 26.3 Å². The van der Waals surface area contributed by atoms with Gasteiger partial charge >= 0.3 is 0 Å². The minimum absolute atomic E-state index is 0.683. The average Bonchev–Trinajstić information content (AvgIpc) is 2.38. The van der Waals surface area contributed by atoms with Crippen molar-refractivity contribution in [2.45, 2.75) is 27.3 Å². The van der Waals surface area contributed by atoms with Gasteiger partial charge in [0.25, 0.3) is 0 Å². The van der Waals surface area contributed by atoms with Crippen molar-refractivity contribution >= 4 is 21.6 Å². The highest BCUT2D eigenvalue weighted by Gasteiger charge is 2.06. The summed E-state index contributed by atoms with van der Waals surface area (Å²) in [6, 6.07) is 6.55. The van der Waals surface area contributed by atoms with Crippen LogP contribution in [-0.2, 0) is 11.3 Å². The van der Waals surface area contributed by atoms with Gasteiger partial charge < -0.3 is 15.0 Å². The van der Waals surface area contributed by atoms with Crippen LogP contribution in [0.5, 0.6) is 0 Å². The molecule has 0 unspecified atom stereocenters. The summed E-state index contributed by atoms with van der Waals surface area (Å²) in [5.74, 6) is 0.683. The standard InChI is InChI=1S/C16H27BrN2O/c1-5-20-9-8-19(4)16-7-6-14(10-15(16)17)12-18-11-13(2)3/h6-7,10,13,18H,5,8-9,11-12H2,1-4H3. The number of nitrogens with one attached hydrogen (secondary N) is 1. The maximum Gasteiger partial charge on any atom is 0.0641 e. The van der Waals surface area contributed by atoms with Gasteiger partial charge in [0.2, 0.25) is 0 Å². The molecule has 0 spiro atoms. The highest BCUT2D eigenvalue weighted by molar-refractivity contribution is 9.10. The predicted molar refractivity (Wildman–Crippen MR) is 90.4 cm³/mol. The average molecular weight is 343 g/mol. The topological polar surface area (TPSA) is 24.5 Å². The molecule has 0 aliphatic heterocycles. The molecule has 1 N–H and O–H groups in total. The van der Waals surface area contributed by atoms with Crippen LogP contribution in [0.4, 0.5) is 5.69 Å². The smallest absolute Gasteiger partial charge is 0.0641 e. The fraction of sp³-hybridized carbons (Fsp3) is 0.625. The molecule has 1 rings (SSSR count). The maximum atomic E-state index is 5.40. The Labute approximate surface area is 131 Å². The molecule has 0 saturated carbocycles. The van der Waals surface area contributed by atoms with Crippen molar-refractivity contribution in [3.63, 3.8) is 0 Å². The lowest BCUT2D eigenvalue weighted by Crippen LogP contribution is -2.23. The molecule has 20 heavy (non-hydrogen) atoms. The zero-order valence-corrected chi connectivity index (χ0v) is 14.7. The lowest BCUT2D eigenvalue weighted by Gasteiger charge is -2.21. The van der Waals surface area contributed by atoms with Crippen molar-refractivity contribution < 1.29 is 4.74 Å². The van der Waals surface area contributed by atoms with E-state index in [-0.39, 0.29) is 0 Å². The fourth-order valence-corrected chi connectivity index (χ4v) is 2.67. The summed E-state index contributed by atoms with van der Waals surface area (Å²) in [6.45, 7) is 10.9. The Balaban J connectivity index is 2.54. The van der Waals surface area contributed by atoms with Gasteiger partial charge in [-0.3, -0.25) is 0 Å². The number of ether oxygens (including phenoxy) is 1. The number of likely N-dealkylation sites (N-methyl/N-ethyl adjacent to an activating group) is 1. The molecule has 0 heterocycles. The Hall–Kier alpha value is -0.580. The van der Waals surface area contributed by atoms with E-state index < -0.39 is 0 Å². The van der Waals surface area contributed by atoms with Crippen molar-refractivity contribution in [1.82, 2.24) is 5.32 Å². The van der Waals surface area contributed by atoms with Crippen LogP contribution < -0.4 is 10.2 Å². The van der Waals surface area contributed by atoms with Gasteiger partial charge in [0, 0.05) is 31.2 Å². The zero-order valence-electron chi connectivity index (χ0n) is 13.1. The molecule has 4 heteroatoms. The summed E-state index contributed by atoms with van der Waals surface area (Å²) < 4.78 is 6.54. The van der Waals surface area contributed by atoms with Crippen LogP contribution in [0, 0.1) is 5.92 Å². The number of benzene rings is 1. The van der Waals surface area contributed by atoms with E-state index in [1.807, 2.05) is 6.92 Å². The molecule has 0 bridgehead atoms. The number of anilines is 1. The van der Waals surface area contributed by atoms with Gasteiger partial charge in [0.15, 0.2) is 0 Å². The van der Waals surface area contributed by atoms with E-state index in [0.717, 1.165) is 37.3 Å². The third-order valence-electron chi connectivity index (χ3n) is 3.08. The van der Waals surface area contributed by atoms with E-state index in [0.29, 0.717) is 5.92 Å². The molecular weight excluding hydrogens is 316 g/mol. The van der Waals surface area contributed by atoms with E-state index in [1.54, 1.807) is 0 Å². The predicted octanol–water partition coefficient (Wildman–Crippen LogP) is 3.67. The van der Waals surface area contributed by atoms with Gasteiger partial charge in [-0.2, -0.15) is 0 Å². The summed E-state index contributed by atoms with van der Waals surface area (Å²) in [7, 11) is 2.09. The fourth-order valence-electron chi connectivity index (χ4n) is 1.94. The molecule has 0 aliphatic rings. The largest absolute Gasteiger partial charge is 0.380 e. The monoisotopic (exact) mass is 342 g/mol. The molecular formula is C16H27BrN2O. The highest BCUT2D eigenvalue weighted by atomic mass is 79.9. The highest BCUT2D eigenvalue weighted by Crippen LogP contribution is 2.26. The first-order chi connectivity index (χ1) is 9.54. The Bertz CT molecular complexity index is 396. The molecule has 0 radical (unpaired) electrons. The van der Waals surface area contributed by atoms with E-state index in [2.05, 4.69) is 65.2 Å². The van der Waals surface area contributed by atoms with Crippen molar-refractivity contribution in [2.75, 3.05) is 38.3 Å². The second-order valence-corrected chi connectivity index (χ2v) is 6.28. The van der Waals surface area contributed by atoms with Gasteiger partial charge in [-0.05, 0) is 53.0 Å². The first-order valence-electron chi connectivity index (χ1n) is 7.32. The molecule has 3 nitrogen and oxygen atoms in total. The second-order valence-electron chi connectivity index (χ2n) is 5.43. The van der Waals surface area contributed by atoms with E-state index in [9.17, 15) is 0 Å². The molecule has 114 valence electrons. The van der Waals surface area contributed by atoms with Gasteiger partial charge in [-0.1, -0.05) is 19.9 Å². The summed E-state index contributed by atoms with van der Waals surface area (Å²) in [5.41, 5.74) is 2.51. The molecule has 0 amide bonds. The summed E-state index contributed by atoms with van der Waals surface area (Å²) in [4.78, 5) is 2.21. The minimum atomic E-state index is 0.683. The van der Waals surface area contributed by atoms with Gasteiger partial charge in [-0.25, -0.2) is 0 Å².